The maximum atomic E-state index is 6.36. The molecular weight excluding hydrogens is 536 g/mol. The normalized spacial score (nSPS) is 14.9. The summed E-state index contributed by atoms with van der Waals surface area (Å²) in [6, 6.07) is 45.8. The second-order valence-electron chi connectivity index (χ2n) is 12.0. The van der Waals surface area contributed by atoms with Crippen LogP contribution >= 0.6 is 0 Å². The molecule has 2 nitrogen and oxygen atoms in total. The average Bonchev–Trinajstić information content (AvgIpc) is 3.63. The Bertz CT molecular complexity index is 2700. The van der Waals surface area contributed by atoms with E-state index in [9.17, 15) is 0 Å². The van der Waals surface area contributed by atoms with Crippen molar-refractivity contribution in [1.29, 1.82) is 0 Å². The first-order valence-corrected chi connectivity index (χ1v) is 15.3. The van der Waals surface area contributed by atoms with Crippen molar-refractivity contribution < 1.29 is 8.83 Å². The van der Waals surface area contributed by atoms with Crippen LogP contribution in [0.1, 0.15) is 17.9 Å². The fourth-order valence-corrected chi connectivity index (χ4v) is 7.60. The van der Waals surface area contributed by atoms with Crippen LogP contribution in [0.5, 0.6) is 0 Å². The van der Waals surface area contributed by atoms with Crippen LogP contribution in [0.25, 0.3) is 88.5 Å². The molecule has 2 aromatic heterocycles. The third-order valence-electron chi connectivity index (χ3n) is 9.56. The van der Waals surface area contributed by atoms with Gasteiger partial charge in [0, 0.05) is 27.3 Å². The lowest BCUT2D eigenvalue weighted by molar-refractivity contribution is 0.570. The molecule has 9 aromatic rings. The van der Waals surface area contributed by atoms with E-state index in [2.05, 4.69) is 133 Å². The summed E-state index contributed by atoms with van der Waals surface area (Å²) in [5.74, 6) is 0.237. The first-order chi connectivity index (χ1) is 21.8. The Kier molecular flexibility index (Phi) is 4.86. The smallest absolute Gasteiger partial charge is 0.136 e. The van der Waals surface area contributed by atoms with Crippen molar-refractivity contribution in [3.8, 4) is 11.1 Å². The molecule has 2 heterocycles. The first kappa shape index (κ1) is 23.9. The van der Waals surface area contributed by atoms with Gasteiger partial charge in [-0.1, -0.05) is 103 Å². The van der Waals surface area contributed by atoms with Crippen molar-refractivity contribution in [2.75, 3.05) is 0 Å². The second-order valence-corrected chi connectivity index (χ2v) is 12.0. The SMILES string of the molecule is C1=c2oc3ccccc3c2=CC(c2c3ccccc3c(-c3ccc4oc5cc6ccccc6cc5c4c3)c3ccccc23)C1. The van der Waals surface area contributed by atoms with Crippen LogP contribution in [0.3, 0.4) is 0 Å². The van der Waals surface area contributed by atoms with Crippen molar-refractivity contribution in [3.05, 3.63) is 144 Å². The van der Waals surface area contributed by atoms with E-state index in [0.29, 0.717) is 0 Å². The maximum Gasteiger partial charge on any atom is 0.136 e. The lowest BCUT2D eigenvalue weighted by Gasteiger charge is -2.22. The molecule has 10 rings (SSSR count). The molecule has 1 unspecified atom stereocenters. The monoisotopic (exact) mass is 562 g/mol. The van der Waals surface area contributed by atoms with Gasteiger partial charge in [0.2, 0.25) is 0 Å². The Hall–Kier alpha value is -5.60. The zero-order valence-electron chi connectivity index (χ0n) is 23.9. The fraction of sp³-hybridized carbons (Fsp3) is 0.0476. The third kappa shape index (κ3) is 3.37. The van der Waals surface area contributed by atoms with Crippen LogP contribution in [0.2, 0.25) is 0 Å². The van der Waals surface area contributed by atoms with Gasteiger partial charge in [0.05, 0.1) is 0 Å². The van der Waals surface area contributed by atoms with E-state index in [1.165, 1.54) is 59.6 Å². The van der Waals surface area contributed by atoms with Crippen LogP contribution in [-0.2, 0) is 0 Å². The highest BCUT2D eigenvalue weighted by atomic mass is 16.3. The van der Waals surface area contributed by atoms with Crippen molar-refractivity contribution in [1.82, 2.24) is 0 Å². The molecule has 1 aliphatic rings. The Labute approximate surface area is 252 Å². The van der Waals surface area contributed by atoms with Crippen LogP contribution in [0, 0.1) is 0 Å². The van der Waals surface area contributed by atoms with Crippen LogP contribution < -0.4 is 10.6 Å². The molecule has 0 amide bonds. The average molecular weight is 563 g/mol. The van der Waals surface area contributed by atoms with Gasteiger partial charge >= 0.3 is 0 Å². The van der Waals surface area contributed by atoms with Crippen molar-refractivity contribution >= 4 is 77.4 Å². The summed E-state index contributed by atoms with van der Waals surface area (Å²) in [6.07, 6.45) is 5.61. The Morgan fingerprint density at radius 1 is 0.477 bits per heavy atom. The van der Waals surface area contributed by atoms with E-state index >= 15 is 0 Å². The summed E-state index contributed by atoms with van der Waals surface area (Å²) in [5, 5.41) is 12.3. The van der Waals surface area contributed by atoms with E-state index in [-0.39, 0.29) is 5.92 Å². The summed E-state index contributed by atoms with van der Waals surface area (Å²) in [6.45, 7) is 0. The summed E-state index contributed by atoms with van der Waals surface area (Å²) >= 11 is 0. The van der Waals surface area contributed by atoms with E-state index in [1.54, 1.807) is 0 Å². The third-order valence-corrected chi connectivity index (χ3v) is 9.56. The summed E-state index contributed by atoms with van der Waals surface area (Å²) in [4.78, 5) is 0. The molecule has 0 radical (unpaired) electrons. The molecule has 1 aliphatic carbocycles. The fourth-order valence-electron chi connectivity index (χ4n) is 7.60. The number of para-hydroxylation sites is 1. The van der Waals surface area contributed by atoms with Gasteiger partial charge < -0.3 is 8.83 Å². The predicted molar refractivity (Wildman–Crippen MR) is 183 cm³/mol. The molecule has 7 aromatic carbocycles. The van der Waals surface area contributed by atoms with E-state index in [1.807, 2.05) is 6.07 Å². The largest absolute Gasteiger partial charge is 0.456 e. The number of rotatable bonds is 2. The molecule has 0 saturated carbocycles. The van der Waals surface area contributed by atoms with Crippen molar-refractivity contribution in [2.24, 2.45) is 0 Å². The molecule has 0 aliphatic heterocycles. The van der Waals surface area contributed by atoms with Crippen LogP contribution in [0.4, 0.5) is 0 Å². The highest BCUT2D eigenvalue weighted by molar-refractivity contribution is 6.18. The predicted octanol–water partition coefficient (Wildman–Crippen LogP) is 10.2. The topological polar surface area (TPSA) is 26.3 Å². The van der Waals surface area contributed by atoms with Gasteiger partial charge in [-0.3, -0.25) is 0 Å². The van der Waals surface area contributed by atoms with Crippen LogP contribution in [-0.4, -0.2) is 0 Å². The molecule has 0 N–H and O–H groups in total. The van der Waals surface area contributed by atoms with E-state index in [4.69, 9.17) is 8.83 Å². The quantitative estimate of drug-likeness (QED) is 0.196. The molecule has 1 atom stereocenters. The van der Waals surface area contributed by atoms with Crippen LogP contribution in [0.15, 0.2) is 136 Å². The molecule has 44 heavy (non-hydrogen) atoms. The standard InChI is InChI=1S/C42H26O2/c1-2-10-26-24-40-36(21-25(26)9-1)35-23-28(18-20-39(35)44-40)42-32-14-5-3-12-30(32)41(31-13-4-6-15-33(31)42)27-17-19-38-34(22-27)29-11-7-8-16-37(29)43-38/h1-16,18-24,27H,17H2. The Morgan fingerprint density at radius 2 is 1.09 bits per heavy atom. The minimum absolute atomic E-state index is 0.237. The molecule has 0 bridgehead atoms. The Morgan fingerprint density at radius 3 is 1.86 bits per heavy atom. The summed E-state index contributed by atoms with van der Waals surface area (Å²) in [5.41, 5.74) is 7.64. The summed E-state index contributed by atoms with van der Waals surface area (Å²) < 4.78 is 12.6. The minimum Gasteiger partial charge on any atom is -0.456 e. The van der Waals surface area contributed by atoms with E-state index < -0.39 is 0 Å². The lowest BCUT2D eigenvalue weighted by atomic mass is 9.81. The van der Waals surface area contributed by atoms with Gasteiger partial charge in [-0.05, 0) is 91.8 Å². The van der Waals surface area contributed by atoms with Gasteiger partial charge in [-0.25, -0.2) is 0 Å². The second kappa shape index (κ2) is 8.95. The molecule has 0 spiro atoms. The molecule has 0 fully saturated rings. The van der Waals surface area contributed by atoms with E-state index in [0.717, 1.165) is 39.4 Å². The number of hydrogen-bond donors (Lipinski definition) is 0. The molecule has 2 heteroatoms. The van der Waals surface area contributed by atoms with Gasteiger partial charge in [0.25, 0.3) is 0 Å². The molecule has 0 saturated heterocycles. The highest BCUT2D eigenvalue weighted by Gasteiger charge is 2.22. The van der Waals surface area contributed by atoms with Gasteiger partial charge in [0.15, 0.2) is 0 Å². The zero-order chi connectivity index (χ0) is 28.8. The number of hydrogen-bond acceptors (Lipinski definition) is 2. The van der Waals surface area contributed by atoms with Crippen molar-refractivity contribution in [2.45, 2.75) is 12.3 Å². The van der Waals surface area contributed by atoms with Gasteiger partial charge in [0.1, 0.15) is 22.2 Å². The molecular formula is C42H26O2. The minimum atomic E-state index is 0.237. The Balaban J connectivity index is 1.25. The number of fused-ring (bicyclic) bond motifs is 9. The summed E-state index contributed by atoms with van der Waals surface area (Å²) in [7, 11) is 0. The zero-order valence-corrected chi connectivity index (χ0v) is 23.9. The van der Waals surface area contributed by atoms with Crippen molar-refractivity contribution in [3.63, 3.8) is 0 Å². The highest BCUT2D eigenvalue weighted by Crippen LogP contribution is 2.45. The first-order valence-electron chi connectivity index (χ1n) is 15.3. The number of benzene rings is 7. The van der Waals surface area contributed by atoms with Gasteiger partial charge in [-0.2, -0.15) is 0 Å². The molecule has 206 valence electrons. The lowest BCUT2D eigenvalue weighted by Crippen LogP contribution is -2.25. The van der Waals surface area contributed by atoms with Gasteiger partial charge in [-0.15, -0.1) is 0 Å². The maximum absolute atomic E-state index is 6.36. The number of furan rings is 2.